The highest BCUT2D eigenvalue weighted by molar-refractivity contribution is 6.01. The zero-order chi connectivity index (χ0) is 18.1. The lowest BCUT2D eigenvalue weighted by molar-refractivity contribution is 0.584. The van der Waals surface area contributed by atoms with Gasteiger partial charge in [-0.3, -0.25) is 0 Å². The van der Waals surface area contributed by atoms with Crippen LogP contribution in [0.1, 0.15) is 36.5 Å². The summed E-state index contributed by atoms with van der Waals surface area (Å²) in [6.45, 7) is 4.08. The molecular weight excluding hydrogens is 318 g/mol. The van der Waals surface area contributed by atoms with E-state index in [0.29, 0.717) is 10.9 Å². The molecule has 0 saturated carbocycles. The third-order valence-corrected chi connectivity index (χ3v) is 4.22. The molecule has 0 heterocycles. The Morgan fingerprint density at radius 2 is 1.56 bits per heavy atom. The summed E-state index contributed by atoms with van der Waals surface area (Å²) in [6, 6.07) is 14.6. The van der Waals surface area contributed by atoms with Crippen molar-refractivity contribution in [2.24, 2.45) is 0 Å². The molecule has 0 spiro atoms. The van der Waals surface area contributed by atoms with Crippen molar-refractivity contribution in [2.45, 2.75) is 19.8 Å². The van der Waals surface area contributed by atoms with Gasteiger partial charge in [-0.25, -0.2) is 8.78 Å². The minimum absolute atomic E-state index is 0.126. The second-order valence-corrected chi connectivity index (χ2v) is 6.19. The van der Waals surface area contributed by atoms with E-state index in [1.54, 1.807) is 6.07 Å². The Morgan fingerprint density at radius 1 is 0.880 bits per heavy atom. The Balaban J connectivity index is 2.50. The predicted molar refractivity (Wildman–Crippen MR) is 92.8 cm³/mol. The van der Waals surface area contributed by atoms with Crippen LogP contribution in [0.4, 0.5) is 8.78 Å². The fourth-order valence-electron chi connectivity index (χ4n) is 2.97. The lowest BCUT2D eigenvalue weighted by atomic mass is 9.88. The first kappa shape index (κ1) is 16.6. The summed E-state index contributed by atoms with van der Waals surface area (Å²) in [5, 5.41) is 20.4. The third-order valence-electron chi connectivity index (χ3n) is 4.22. The van der Waals surface area contributed by atoms with Gasteiger partial charge in [0.05, 0.1) is 11.1 Å². The van der Waals surface area contributed by atoms with Crippen molar-refractivity contribution in [3.05, 3.63) is 70.8 Å². The average molecular weight is 332 g/mol. The van der Waals surface area contributed by atoms with Crippen LogP contribution in [-0.2, 0) is 0 Å². The second kappa shape index (κ2) is 6.34. The van der Waals surface area contributed by atoms with Gasteiger partial charge in [0.25, 0.3) is 0 Å². The standard InChI is InChI=1S/C21H14F2N2/c1-12(2)13-3-4-14-5-16(10-24)20(11-25)21(19(14)8-13)15-6-17(22)9-18(23)7-15/h3-9,12H,1-2H3. The Kier molecular flexibility index (Phi) is 4.21. The van der Waals surface area contributed by atoms with Gasteiger partial charge in [-0.15, -0.1) is 0 Å². The van der Waals surface area contributed by atoms with Crippen molar-refractivity contribution >= 4 is 10.8 Å². The smallest absolute Gasteiger partial charge is 0.126 e. The normalized spacial score (nSPS) is 10.7. The van der Waals surface area contributed by atoms with Crippen LogP contribution in [0.25, 0.3) is 21.9 Å². The maximum Gasteiger partial charge on any atom is 0.126 e. The molecule has 0 aliphatic rings. The summed E-state index contributed by atoms with van der Waals surface area (Å²) in [5.74, 6) is -1.20. The fraction of sp³-hybridized carbons (Fsp3) is 0.143. The lowest BCUT2D eigenvalue weighted by Gasteiger charge is -2.14. The van der Waals surface area contributed by atoms with Crippen molar-refractivity contribution in [2.75, 3.05) is 0 Å². The Morgan fingerprint density at radius 3 is 2.12 bits per heavy atom. The van der Waals surface area contributed by atoms with Gasteiger partial charge in [0.1, 0.15) is 23.8 Å². The van der Waals surface area contributed by atoms with Crippen LogP contribution in [-0.4, -0.2) is 0 Å². The van der Waals surface area contributed by atoms with E-state index >= 15 is 0 Å². The van der Waals surface area contributed by atoms with Crippen LogP contribution in [0.2, 0.25) is 0 Å². The molecule has 0 aliphatic carbocycles. The van der Waals surface area contributed by atoms with E-state index in [-0.39, 0.29) is 22.6 Å². The van der Waals surface area contributed by atoms with Crippen LogP contribution in [0.5, 0.6) is 0 Å². The summed E-state index contributed by atoms with van der Waals surface area (Å²) in [6.07, 6.45) is 0. The van der Waals surface area contributed by atoms with Gasteiger partial charge < -0.3 is 0 Å². The monoisotopic (exact) mass is 332 g/mol. The zero-order valence-corrected chi connectivity index (χ0v) is 13.8. The van der Waals surface area contributed by atoms with Gasteiger partial charge in [-0.2, -0.15) is 10.5 Å². The number of hydrogen-bond acceptors (Lipinski definition) is 2. The molecule has 0 saturated heterocycles. The largest absolute Gasteiger partial charge is 0.207 e. The highest BCUT2D eigenvalue weighted by Gasteiger charge is 2.17. The zero-order valence-electron chi connectivity index (χ0n) is 13.8. The van der Waals surface area contributed by atoms with Crippen molar-refractivity contribution in [3.63, 3.8) is 0 Å². The summed E-state index contributed by atoms with van der Waals surface area (Å²) in [4.78, 5) is 0. The quantitative estimate of drug-likeness (QED) is 0.608. The SMILES string of the molecule is CC(C)c1ccc2cc(C#N)c(C#N)c(-c3cc(F)cc(F)c3)c2c1. The predicted octanol–water partition coefficient (Wildman–Crippen LogP) is 5.65. The first-order valence-electron chi connectivity index (χ1n) is 7.82. The number of rotatable bonds is 2. The molecule has 4 heteroatoms. The van der Waals surface area contributed by atoms with Crippen LogP contribution >= 0.6 is 0 Å². The number of nitriles is 2. The highest BCUT2D eigenvalue weighted by Crippen LogP contribution is 2.36. The molecule has 3 rings (SSSR count). The molecule has 0 amide bonds. The molecule has 25 heavy (non-hydrogen) atoms. The number of fused-ring (bicyclic) bond motifs is 1. The molecule has 122 valence electrons. The van der Waals surface area contributed by atoms with Crippen molar-refractivity contribution < 1.29 is 8.78 Å². The van der Waals surface area contributed by atoms with E-state index in [9.17, 15) is 19.3 Å². The molecule has 0 unspecified atom stereocenters. The molecule has 0 N–H and O–H groups in total. The maximum absolute atomic E-state index is 13.8. The maximum atomic E-state index is 13.8. The first-order chi connectivity index (χ1) is 11.9. The highest BCUT2D eigenvalue weighted by atomic mass is 19.1. The van der Waals surface area contributed by atoms with Crippen LogP contribution in [0.3, 0.4) is 0 Å². The molecule has 0 bridgehead atoms. The fourth-order valence-corrected chi connectivity index (χ4v) is 2.97. The van der Waals surface area contributed by atoms with E-state index in [2.05, 4.69) is 0 Å². The molecule has 3 aromatic rings. The molecule has 0 radical (unpaired) electrons. The lowest BCUT2D eigenvalue weighted by Crippen LogP contribution is -1.96. The molecule has 0 aromatic heterocycles. The van der Waals surface area contributed by atoms with Gasteiger partial charge in [-0.1, -0.05) is 32.0 Å². The second-order valence-electron chi connectivity index (χ2n) is 6.19. The molecule has 2 nitrogen and oxygen atoms in total. The number of nitrogens with zero attached hydrogens (tertiary/aromatic N) is 2. The molecular formula is C21H14F2N2. The topological polar surface area (TPSA) is 47.6 Å². The van der Waals surface area contributed by atoms with E-state index in [1.807, 2.05) is 44.2 Å². The third kappa shape index (κ3) is 2.95. The van der Waals surface area contributed by atoms with Crippen LogP contribution < -0.4 is 0 Å². The average Bonchev–Trinajstić information content (AvgIpc) is 2.58. The Bertz CT molecular complexity index is 1050. The first-order valence-corrected chi connectivity index (χ1v) is 7.82. The van der Waals surface area contributed by atoms with Crippen LogP contribution in [0, 0.1) is 34.3 Å². The van der Waals surface area contributed by atoms with Gasteiger partial charge in [0.2, 0.25) is 0 Å². The summed E-state index contributed by atoms with van der Waals surface area (Å²) in [7, 11) is 0. The van der Waals surface area contributed by atoms with E-state index in [4.69, 9.17) is 0 Å². The minimum atomic E-state index is -0.727. The van der Waals surface area contributed by atoms with E-state index in [0.717, 1.165) is 17.0 Å². The Hall–Kier alpha value is -3.24. The number of benzene rings is 3. The van der Waals surface area contributed by atoms with E-state index < -0.39 is 11.6 Å². The number of hydrogen-bond donors (Lipinski definition) is 0. The molecule has 0 aliphatic heterocycles. The van der Waals surface area contributed by atoms with Crippen LogP contribution in [0.15, 0.2) is 42.5 Å². The number of halogens is 2. The summed E-state index contributed by atoms with van der Waals surface area (Å²) < 4.78 is 27.5. The molecule has 0 atom stereocenters. The molecule has 0 fully saturated rings. The molecule has 3 aromatic carbocycles. The minimum Gasteiger partial charge on any atom is -0.207 e. The summed E-state index contributed by atoms with van der Waals surface area (Å²) in [5.41, 5.74) is 1.99. The van der Waals surface area contributed by atoms with E-state index in [1.165, 1.54) is 12.1 Å². The Labute approximate surface area is 144 Å². The van der Waals surface area contributed by atoms with Gasteiger partial charge in [-0.05, 0) is 46.0 Å². The summed E-state index contributed by atoms with van der Waals surface area (Å²) >= 11 is 0. The van der Waals surface area contributed by atoms with Gasteiger partial charge in [0.15, 0.2) is 0 Å². The van der Waals surface area contributed by atoms with Gasteiger partial charge in [0, 0.05) is 11.6 Å². The van der Waals surface area contributed by atoms with Gasteiger partial charge >= 0.3 is 0 Å². The van der Waals surface area contributed by atoms with Crippen molar-refractivity contribution in [1.29, 1.82) is 10.5 Å². The van der Waals surface area contributed by atoms with Crippen molar-refractivity contribution in [1.82, 2.24) is 0 Å². The van der Waals surface area contributed by atoms with Crippen molar-refractivity contribution in [3.8, 4) is 23.3 Å².